The van der Waals surface area contributed by atoms with Crippen LogP contribution in [0.3, 0.4) is 0 Å². The van der Waals surface area contributed by atoms with Crippen LogP contribution in [0.15, 0.2) is 24.3 Å². The summed E-state index contributed by atoms with van der Waals surface area (Å²) in [6.45, 7) is 3.71. The first-order valence-electron chi connectivity index (χ1n) is 9.42. The average Bonchev–Trinajstić information content (AvgIpc) is 3.31. The number of amides is 2. The van der Waals surface area contributed by atoms with E-state index in [4.69, 9.17) is 0 Å². The van der Waals surface area contributed by atoms with Gasteiger partial charge in [-0.15, -0.1) is 0 Å². The van der Waals surface area contributed by atoms with Gasteiger partial charge in [0.15, 0.2) is 16.6 Å². The zero-order chi connectivity index (χ0) is 23.2. The van der Waals surface area contributed by atoms with Crippen LogP contribution in [0.2, 0.25) is 0 Å². The van der Waals surface area contributed by atoms with Gasteiger partial charge in [-0.1, -0.05) is 0 Å². The molecule has 2 amide bonds. The molecule has 0 aliphatic carbocycles. The van der Waals surface area contributed by atoms with Crippen molar-refractivity contribution in [2.75, 3.05) is 11.9 Å². The Labute approximate surface area is 183 Å². The van der Waals surface area contributed by atoms with Crippen molar-refractivity contribution in [3.05, 3.63) is 47.2 Å². The molecule has 0 bridgehead atoms. The van der Waals surface area contributed by atoms with Crippen molar-refractivity contribution >= 4 is 29.2 Å². The number of imidazole rings is 1. The van der Waals surface area contributed by atoms with Crippen LogP contribution >= 0.6 is 11.5 Å². The number of halogens is 4. The Kier molecular flexibility index (Phi) is 5.44. The fourth-order valence-corrected chi connectivity index (χ4v) is 4.19. The SMILES string of the molecule is Cc1nsc(-c2nc(NC(=O)C(F)(F)F)c3n2CCN(C(=O)c2ccc(F)cc2)C3C)n1. The van der Waals surface area contributed by atoms with E-state index in [2.05, 4.69) is 14.3 Å². The van der Waals surface area contributed by atoms with Crippen LogP contribution < -0.4 is 5.32 Å². The van der Waals surface area contributed by atoms with E-state index in [1.807, 2.05) is 5.32 Å². The summed E-state index contributed by atoms with van der Waals surface area (Å²) in [6, 6.07) is 4.23. The zero-order valence-corrected chi connectivity index (χ0v) is 17.6. The summed E-state index contributed by atoms with van der Waals surface area (Å²) in [5, 5.41) is 2.19. The first-order chi connectivity index (χ1) is 15.1. The lowest BCUT2D eigenvalue weighted by Crippen LogP contribution is -2.41. The minimum Gasteiger partial charge on any atom is -0.328 e. The van der Waals surface area contributed by atoms with Crippen molar-refractivity contribution in [1.29, 1.82) is 0 Å². The number of hydrogen-bond acceptors (Lipinski definition) is 6. The van der Waals surface area contributed by atoms with Gasteiger partial charge in [0.2, 0.25) is 0 Å². The van der Waals surface area contributed by atoms with Crippen LogP contribution in [-0.2, 0) is 11.3 Å². The molecule has 0 radical (unpaired) electrons. The van der Waals surface area contributed by atoms with Gasteiger partial charge in [0.25, 0.3) is 5.91 Å². The summed E-state index contributed by atoms with van der Waals surface area (Å²) in [7, 11) is 0. The Hall–Kier alpha value is -3.35. The summed E-state index contributed by atoms with van der Waals surface area (Å²) in [6.07, 6.45) is -5.11. The van der Waals surface area contributed by atoms with Crippen LogP contribution in [0.25, 0.3) is 10.8 Å². The predicted molar refractivity (Wildman–Crippen MR) is 106 cm³/mol. The second-order valence-corrected chi connectivity index (χ2v) is 7.85. The van der Waals surface area contributed by atoms with Crippen molar-refractivity contribution in [1.82, 2.24) is 23.8 Å². The molecule has 8 nitrogen and oxygen atoms in total. The van der Waals surface area contributed by atoms with Gasteiger partial charge in [-0.25, -0.2) is 14.4 Å². The molecular weight excluding hydrogens is 452 g/mol. The molecule has 32 heavy (non-hydrogen) atoms. The Morgan fingerprint density at radius 1 is 1.16 bits per heavy atom. The second-order valence-electron chi connectivity index (χ2n) is 7.10. The minimum absolute atomic E-state index is 0.204. The van der Waals surface area contributed by atoms with E-state index in [0.29, 0.717) is 10.8 Å². The third-order valence-corrected chi connectivity index (χ3v) is 5.80. The van der Waals surface area contributed by atoms with Gasteiger partial charge in [0.05, 0.1) is 11.7 Å². The van der Waals surface area contributed by atoms with Crippen molar-refractivity contribution in [2.24, 2.45) is 0 Å². The van der Waals surface area contributed by atoms with E-state index in [9.17, 15) is 27.2 Å². The third kappa shape index (κ3) is 3.95. The lowest BCUT2D eigenvalue weighted by Gasteiger charge is -2.35. The molecule has 2 aromatic heterocycles. The quantitative estimate of drug-likeness (QED) is 0.594. The van der Waals surface area contributed by atoms with Gasteiger partial charge in [-0.2, -0.15) is 17.5 Å². The second kappa shape index (κ2) is 7.97. The monoisotopic (exact) mass is 468 g/mol. The fourth-order valence-electron chi connectivity index (χ4n) is 3.52. The summed E-state index contributed by atoms with van der Waals surface area (Å²) >= 11 is 1.02. The number of nitrogens with one attached hydrogen (secondary N) is 1. The summed E-state index contributed by atoms with van der Waals surface area (Å²) in [5.41, 5.74) is 0.458. The number of fused-ring (bicyclic) bond motifs is 1. The van der Waals surface area contributed by atoms with Crippen molar-refractivity contribution < 1.29 is 27.2 Å². The molecule has 0 saturated carbocycles. The molecule has 4 rings (SSSR count). The van der Waals surface area contributed by atoms with Gasteiger partial charge in [0, 0.05) is 18.7 Å². The molecule has 168 valence electrons. The van der Waals surface area contributed by atoms with Crippen LogP contribution in [0.5, 0.6) is 0 Å². The average molecular weight is 468 g/mol. The van der Waals surface area contributed by atoms with Gasteiger partial charge < -0.3 is 14.8 Å². The largest absolute Gasteiger partial charge is 0.471 e. The van der Waals surface area contributed by atoms with Crippen molar-refractivity contribution in [3.8, 4) is 10.8 Å². The number of benzene rings is 1. The lowest BCUT2D eigenvalue weighted by molar-refractivity contribution is -0.167. The molecule has 1 aliphatic rings. The smallest absolute Gasteiger partial charge is 0.328 e. The molecule has 1 aromatic carbocycles. The van der Waals surface area contributed by atoms with E-state index in [1.165, 1.54) is 17.0 Å². The number of aromatic nitrogens is 4. The molecule has 3 heterocycles. The number of nitrogens with zero attached hydrogens (tertiary/aromatic N) is 5. The van der Waals surface area contributed by atoms with E-state index in [-0.39, 0.29) is 36.0 Å². The molecule has 1 aliphatic heterocycles. The highest BCUT2D eigenvalue weighted by atomic mass is 32.1. The molecule has 1 unspecified atom stereocenters. The first-order valence-corrected chi connectivity index (χ1v) is 10.2. The normalized spacial score (nSPS) is 16.1. The number of carbonyl (C=O) groups excluding carboxylic acids is 2. The number of aryl methyl sites for hydroxylation is 1. The van der Waals surface area contributed by atoms with Gasteiger partial charge in [-0.3, -0.25) is 9.59 Å². The van der Waals surface area contributed by atoms with Gasteiger partial charge in [0.1, 0.15) is 11.6 Å². The number of rotatable bonds is 3. The maximum atomic E-state index is 13.2. The highest BCUT2D eigenvalue weighted by molar-refractivity contribution is 7.09. The highest BCUT2D eigenvalue weighted by Crippen LogP contribution is 2.37. The van der Waals surface area contributed by atoms with Crippen LogP contribution in [0.4, 0.5) is 23.4 Å². The fraction of sp³-hybridized carbons (Fsp3) is 0.316. The molecule has 0 saturated heterocycles. The van der Waals surface area contributed by atoms with E-state index in [0.717, 1.165) is 23.7 Å². The predicted octanol–water partition coefficient (Wildman–Crippen LogP) is 3.57. The number of alkyl halides is 3. The number of hydrogen-bond donors (Lipinski definition) is 1. The van der Waals surface area contributed by atoms with E-state index >= 15 is 0 Å². The van der Waals surface area contributed by atoms with Crippen LogP contribution in [0, 0.1) is 12.7 Å². The van der Waals surface area contributed by atoms with Crippen LogP contribution in [-0.4, -0.2) is 48.3 Å². The van der Waals surface area contributed by atoms with E-state index in [1.54, 1.807) is 18.4 Å². The molecule has 1 atom stereocenters. The van der Waals surface area contributed by atoms with Crippen molar-refractivity contribution in [2.45, 2.75) is 32.6 Å². The summed E-state index contributed by atoms with van der Waals surface area (Å²) < 4.78 is 57.6. The Morgan fingerprint density at radius 2 is 1.84 bits per heavy atom. The Balaban J connectivity index is 1.75. The topological polar surface area (TPSA) is 93.0 Å². The zero-order valence-electron chi connectivity index (χ0n) is 16.8. The molecule has 0 spiro atoms. The molecule has 3 aromatic rings. The molecule has 1 N–H and O–H groups in total. The third-order valence-electron chi connectivity index (χ3n) is 4.99. The standard InChI is InChI=1S/C19H16F4N6O2S/c1-9-13-14(26-18(31)19(21,22)23)25-15(16-24-10(2)27-32-16)29(13)8-7-28(9)17(30)11-3-5-12(20)6-4-11/h3-6,9H,7-8H2,1-2H3,(H,26,31). The van der Waals surface area contributed by atoms with E-state index < -0.39 is 29.8 Å². The summed E-state index contributed by atoms with van der Waals surface area (Å²) in [4.78, 5) is 34.5. The first kappa shape index (κ1) is 21.9. The van der Waals surface area contributed by atoms with Gasteiger partial charge >= 0.3 is 12.1 Å². The molecular formula is C19H16F4N6O2S. The van der Waals surface area contributed by atoms with Crippen molar-refractivity contribution in [3.63, 3.8) is 0 Å². The highest BCUT2D eigenvalue weighted by Gasteiger charge is 2.41. The van der Waals surface area contributed by atoms with Gasteiger partial charge in [-0.05, 0) is 49.6 Å². The molecule has 13 heteroatoms. The Morgan fingerprint density at radius 3 is 2.44 bits per heavy atom. The van der Waals surface area contributed by atoms with Crippen LogP contribution in [0.1, 0.15) is 34.8 Å². The maximum absolute atomic E-state index is 13.2. The lowest BCUT2D eigenvalue weighted by atomic mass is 10.1. The number of carbonyl (C=O) groups is 2. The summed E-state index contributed by atoms with van der Waals surface area (Å²) in [5.74, 6) is -2.68. The molecule has 0 fully saturated rings. The number of anilines is 1. The maximum Gasteiger partial charge on any atom is 0.471 e. The minimum atomic E-state index is -5.11. The Bertz CT molecular complexity index is 1190.